The lowest BCUT2D eigenvalue weighted by molar-refractivity contribution is -0.132. The van der Waals surface area contributed by atoms with Crippen molar-refractivity contribution in [2.45, 2.75) is 26.3 Å². The van der Waals surface area contributed by atoms with E-state index in [0.717, 1.165) is 39.3 Å². The number of amides is 2. The lowest BCUT2D eigenvalue weighted by Crippen LogP contribution is -2.53. The maximum absolute atomic E-state index is 12.2. The Morgan fingerprint density at radius 3 is 2.46 bits per heavy atom. The monoisotopic (exact) mass is 335 g/mol. The number of nitriles is 1. The molecule has 2 amide bonds. The normalized spacial score (nSPS) is 25.5. The van der Waals surface area contributed by atoms with Crippen molar-refractivity contribution in [2.75, 3.05) is 59.4 Å². The zero-order valence-electron chi connectivity index (χ0n) is 15.1. The van der Waals surface area contributed by atoms with E-state index in [1.807, 2.05) is 4.90 Å². The van der Waals surface area contributed by atoms with Crippen LogP contribution in [0.5, 0.6) is 0 Å². The van der Waals surface area contributed by atoms with Crippen LogP contribution < -0.4 is 0 Å². The van der Waals surface area contributed by atoms with Gasteiger partial charge in [0, 0.05) is 65.8 Å². The van der Waals surface area contributed by atoms with E-state index < -0.39 is 0 Å². The number of rotatable bonds is 5. The van der Waals surface area contributed by atoms with Crippen LogP contribution in [0.2, 0.25) is 0 Å². The van der Waals surface area contributed by atoms with Crippen LogP contribution in [0.25, 0.3) is 0 Å². The third kappa shape index (κ3) is 4.68. The van der Waals surface area contributed by atoms with Crippen molar-refractivity contribution in [3.05, 3.63) is 0 Å². The maximum atomic E-state index is 12.2. The van der Waals surface area contributed by atoms with Crippen molar-refractivity contribution in [3.8, 4) is 6.07 Å². The number of hydrogen-bond donors (Lipinski definition) is 0. The first-order valence-corrected chi connectivity index (χ1v) is 8.75. The number of nitrogens with zero attached hydrogens (tertiary/aromatic N) is 5. The minimum Gasteiger partial charge on any atom is -0.344 e. The Balaban J connectivity index is 1.81. The zero-order chi connectivity index (χ0) is 17.7. The van der Waals surface area contributed by atoms with Crippen LogP contribution in [-0.2, 0) is 9.59 Å². The van der Waals surface area contributed by atoms with E-state index in [4.69, 9.17) is 5.26 Å². The molecule has 7 nitrogen and oxygen atoms in total. The highest BCUT2D eigenvalue weighted by Crippen LogP contribution is 2.23. The summed E-state index contributed by atoms with van der Waals surface area (Å²) in [6, 6.07) is 2.53. The molecule has 2 saturated heterocycles. The van der Waals surface area contributed by atoms with E-state index in [0.29, 0.717) is 31.5 Å². The third-order valence-corrected chi connectivity index (χ3v) is 5.22. The molecule has 0 aromatic rings. The lowest BCUT2D eigenvalue weighted by atomic mass is 10.0. The van der Waals surface area contributed by atoms with E-state index in [2.05, 4.69) is 22.8 Å². The van der Waals surface area contributed by atoms with Gasteiger partial charge in [0.2, 0.25) is 11.8 Å². The molecule has 2 heterocycles. The lowest BCUT2D eigenvalue weighted by Gasteiger charge is -2.39. The molecule has 24 heavy (non-hydrogen) atoms. The summed E-state index contributed by atoms with van der Waals surface area (Å²) in [6.45, 7) is 10.1. The SMILES string of the molecule is CC(=O)N1CCN(C2CN(CC(=O)N(C)CCC#N)CC2C)CC1. The highest BCUT2D eigenvalue weighted by atomic mass is 16.2. The van der Waals surface area contributed by atoms with Crippen molar-refractivity contribution < 1.29 is 9.59 Å². The molecule has 2 unspecified atom stereocenters. The smallest absolute Gasteiger partial charge is 0.236 e. The second kappa shape index (κ2) is 8.45. The quantitative estimate of drug-likeness (QED) is 0.698. The second-order valence-electron chi connectivity index (χ2n) is 7.00. The van der Waals surface area contributed by atoms with Gasteiger partial charge in [-0.3, -0.25) is 19.4 Å². The molecule has 2 aliphatic heterocycles. The Hall–Kier alpha value is -1.65. The molecule has 0 bridgehead atoms. The molecule has 0 aliphatic carbocycles. The number of likely N-dealkylation sites (tertiary alicyclic amines) is 1. The number of likely N-dealkylation sites (N-methyl/N-ethyl adjacent to an activating group) is 1. The van der Waals surface area contributed by atoms with Gasteiger partial charge in [-0.15, -0.1) is 0 Å². The molecule has 0 saturated carbocycles. The van der Waals surface area contributed by atoms with Crippen LogP contribution in [0, 0.1) is 17.2 Å². The van der Waals surface area contributed by atoms with Gasteiger partial charge >= 0.3 is 0 Å². The van der Waals surface area contributed by atoms with Crippen LogP contribution in [0.15, 0.2) is 0 Å². The van der Waals surface area contributed by atoms with E-state index in [1.165, 1.54) is 0 Å². The second-order valence-corrected chi connectivity index (χ2v) is 7.00. The summed E-state index contributed by atoms with van der Waals surface area (Å²) in [4.78, 5) is 31.9. The van der Waals surface area contributed by atoms with E-state index in [9.17, 15) is 9.59 Å². The molecule has 0 spiro atoms. The fourth-order valence-electron chi connectivity index (χ4n) is 3.68. The first-order chi connectivity index (χ1) is 11.4. The summed E-state index contributed by atoms with van der Waals surface area (Å²) in [5, 5.41) is 8.62. The molecule has 0 radical (unpaired) electrons. The molecule has 7 heteroatoms. The summed E-state index contributed by atoms with van der Waals surface area (Å²) in [6.07, 6.45) is 0.377. The van der Waals surface area contributed by atoms with E-state index in [1.54, 1.807) is 18.9 Å². The van der Waals surface area contributed by atoms with E-state index in [-0.39, 0.29) is 11.8 Å². The summed E-state index contributed by atoms with van der Waals surface area (Å²) >= 11 is 0. The molecule has 2 fully saturated rings. The number of carbonyl (C=O) groups excluding carboxylic acids is 2. The largest absolute Gasteiger partial charge is 0.344 e. The molecule has 2 atom stereocenters. The standard InChI is InChI=1S/C17H29N5O2/c1-14-11-20(13-17(24)19(3)6-4-5-18)12-16(14)22-9-7-21(8-10-22)15(2)23/h14,16H,4,6-13H2,1-3H3. The van der Waals surface area contributed by atoms with Gasteiger partial charge in [0.05, 0.1) is 19.0 Å². The number of piperazine rings is 1. The Kier molecular flexibility index (Phi) is 6.58. The first-order valence-electron chi connectivity index (χ1n) is 8.75. The van der Waals surface area contributed by atoms with Gasteiger partial charge in [0.25, 0.3) is 0 Å². The highest BCUT2D eigenvalue weighted by molar-refractivity contribution is 5.78. The van der Waals surface area contributed by atoms with Gasteiger partial charge in [-0.05, 0) is 5.92 Å². The predicted octanol–water partition coefficient (Wildman–Crippen LogP) is -0.157. The minimum atomic E-state index is 0.0829. The number of carbonyl (C=O) groups is 2. The summed E-state index contributed by atoms with van der Waals surface area (Å²) in [7, 11) is 1.76. The van der Waals surface area contributed by atoms with Gasteiger partial charge < -0.3 is 9.80 Å². The van der Waals surface area contributed by atoms with Crippen LogP contribution in [0.3, 0.4) is 0 Å². The molecule has 134 valence electrons. The van der Waals surface area contributed by atoms with Gasteiger partial charge in [-0.25, -0.2) is 0 Å². The molecular formula is C17H29N5O2. The van der Waals surface area contributed by atoms with Crippen molar-refractivity contribution in [1.29, 1.82) is 5.26 Å². The van der Waals surface area contributed by atoms with Crippen LogP contribution in [-0.4, -0.2) is 96.9 Å². The highest BCUT2D eigenvalue weighted by Gasteiger charge is 2.36. The van der Waals surface area contributed by atoms with Crippen molar-refractivity contribution in [1.82, 2.24) is 19.6 Å². The molecule has 2 rings (SSSR count). The Morgan fingerprint density at radius 2 is 1.88 bits per heavy atom. The van der Waals surface area contributed by atoms with Crippen LogP contribution >= 0.6 is 0 Å². The Morgan fingerprint density at radius 1 is 1.21 bits per heavy atom. The average Bonchev–Trinajstić information content (AvgIpc) is 2.92. The van der Waals surface area contributed by atoms with Crippen molar-refractivity contribution >= 4 is 11.8 Å². The molecule has 0 aromatic heterocycles. The van der Waals surface area contributed by atoms with Gasteiger partial charge in [0.15, 0.2) is 0 Å². The first kappa shape index (κ1) is 18.7. The minimum absolute atomic E-state index is 0.0829. The van der Waals surface area contributed by atoms with Crippen molar-refractivity contribution in [3.63, 3.8) is 0 Å². The van der Waals surface area contributed by atoms with E-state index >= 15 is 0 Å². The van der Waals surface area contributed by atoms with Crippen LogP contribution in [0.4, 0.5) is 0 Å². The predicted molar refractivity (Wildman–Crippen MR) is 91.1 cm³/mol. The van der Waals surface area contributed by atoms with Gasteiger partial charge in [-0.2, -0.15) is 5.26 Å². The zero-order valence-corrected chi connectivity index (χ0v) is 15.1. The summed E-state index contributed by atoms with van der Waals surface area (Å²) < 4.78 is 0. The fourth-order valence-corrected chi connectivity index (χ4v) is 3.68. The molecule has 0 aromatic carbocycles. The third-order valence-electron chi connectivity index (χ3n) is 5.22. The topological polar surface area (TPSA) is 70.9 Å². The fraction of sp³-hybridized carbons (Fsp3) is 0.824. The molecular weight excluding hydrogens is 306 g/mol. The van der Waals surface area contributed by atoms with Gasteiger partial charge in [-0.1, -0.05) is 6.92 Å². The molecule has 2 aliphatic rings. The molecule has 0 N–H and O–H groups in total. The average molecular weight is 335 g/mol. The number of hydrogen-bond acceptors (Lipinski definition) is 5. The Bertz CT molecular complexity index is 496. The maximum Gasteiger partial charge on any atom is 0.236 e. The van der Waals surface area contributed by atoms with Crippen molar-refractivity contribution in [2.24, 2.45) is 5.92 Å². The Labute approximate surface area is 144 Å². The van der Waals surface area contributed by atoms with Crippen LogP contribution in [0.1, 0.15) is 20.3 Å². The summed E-state index contributed by atoms with van der Waals surface area (Å²) in [5.74, 6) is 0.757. The van der Waals surface area contributed by atoms with Gasteiger partial charge in [0.1, 0.15) is 0 Å². The summed E-state index contributed by atoms with van der Waals surface area (Å²) in [5.41, 5.74) is 0.